The van der Waals surface area contributed by atoms with Gasteiger partial charge in [-0.3, -0.25) is 9.59 Å². The van der Waals surface area contributed by atoms with Crippen molar-refractivity contribution in [3.05, 3.63) is 71.3 Å². The summed E-state index contributed by atoms with van der Waals surface area (Å²) >= 11 is 0. The Morgan fingerprint density at radius 3 is 2.34 bits per heavy atom. The van der Waals surface area contributed by atoms with Crippen molar-refractivity contribution in [3.63, 3.8) is 0 Å². The Labute approximate surface area is 173 Å². The number of rotatable bonds is 11. The van der Waals surface area contributed by atoms with Crippen molar-refractivity contribution < 1.29 is 9.59 Å². The van der Waals surface area contributed by atoms with Gasteiger partial charge in [-0.1, -0.05) is 42.5 Å². The van der Waals surface area contributed by atoms with Crippen molar-refractivity contribution in [2.45, 2.75) is 19.5 Å². The van der Waals surface area contributed by atoms with E-state index in [-0.39, 0.29) is 11.8 Å². The number of nitrogens with one attached hydrogen (secondary N) is 2. The van der Waals surface area contributed by atoms with E-state index in [1.807, 2.05) is 54.6 Å². The Kier molecular flexibility index (Phi) is 9.34. The Hall–Kier alpha value is -2.70. The van der Waals surface area contributed by atoms with E-state index in [9.17, 15) is 9.59 Å². The highest BCUT2D eigenvalue weighted by molar-refractivity contribution is 5.94. The Morgan fingerprint density at radius 1 is 0.897 bits per heavy atom. The minimum absolute atomic E-state index is 0.0155. The molecule has 6 heteroatoms. The predicted molar refractivity (Wildman–Crippen MR) is 117 cm³/mol. The maximum Gasteiger partial charge on any atom is 0.253 e. The van der Waals surface area contributed by atoms with Crippen LogP contribution in [-0.4, -0.2) is 62.4 Å². The van der Waals surface area contributed by atoms with Crippen molar-refractivity contribution in [1.82, 2.24) is 20.4 Å². The lowest BCUT2D eigenvalue weighted by molar-refractivity contribution is -0.121. The molecule has 0 heterocycles. The van der Waals surface area contributed by atoms with E-state index >= 15 is 0 Å². The molecule has 0 atom stereocenters. The molecule has 2 amide bonds. The molecule has 0 bridgehead atoms. The molecule has 0 spiro atoms. The fourth-order valence-electron chi connectivity index (χ4n) is 2.93. The molecule has 156 valence electrons. The van der Waals surface area contributed by atoms with Gasteiger partial charge in [0, 0.05) is 58.8 Å². The molecule has 0 saturated carbocycles. The molecule has 29 heavy (non-hydrogen) atoms. The lowest BCUT2D eigenvalue weighted by Gasteiger charge is -2.18. The highest BCUT2D eigenvalue weighted by Gasteiger charge is 2.09. The summed E-state index contributed by atoms with van der Waals surface area (Å²) in [5.74, 6) is 0.0683. The van der Waals surface area contributed by atoms with Crippen LogP contribution in [0.4, 0.5) is 0 Å². The third-order valence-corrected chi connectivity index (χ3v) is 4.56. The smallest absolute Gasteiger partial charge is 0.253 e. The van der Waals surface area contributed by atoms with Gasteiger partial charge in [0.25, 0.3) is 5.91 Å². The summed E-state index contributed by atoms with van der Waals surface area (Å²) in [7, 11) is 5.57. The van der Waals surface area contributed by atoms with Crippen molar-refractivity contribution in [2.24, 2.45) is 0 Å². The van der Waals surface area contributed by atoms with E-state index < -0.39 is 0 Å². The molecule has 0 fully saturated rings. The maximum atomic E-state index is 12.1. The number of carbonyl (C=O) groups is 2. The number of hydrogen-bond acceptors (Lipinski definition) is 4. The molecular formula is C23H32N4O2. The second-order valence-corrected chi connectivity index (χ2v) is 7.40. The maximum absolute atomic E-state index is 12.1. The zero-order valence-corrected chi connectivity index (χ0v) is 17.6. The van der Waals surface area contributed by atoms with Crippen LogP contribution in [0.15, 0.2) is 54.6 Å². The third-order valence-electron chi connectivity index (χ3n) is 4.56. The zero-order valence-electron chi connectivity index (χ0n) is 17.6. The first kappa shape index (κ1) is 22.6. The molecule has 2 aromatic rings. The summed E-state index contributed by atoms with van der Waals surface area (Å²) in [4.78, 5) is 27.8. The van der Waals surface area contributed by atoms with Crippen LogP contribution in [0.1, 0.15) is 27.9 Å². The van der Waals surface area contributed by atoms with Crippen LogP contribution >= 0.6 is 0 Å². The first-order chi connectivity index (χ1) is 14.0. The quantitative estimate of drug-likeness (QED) is 0.571. The van der Waals surface area contributed by atoms with Gasteiger partial charge in [-0.15, -0.1) is 0 Å². The van der Waals surface area contributed by atoms with Gasteiger partial charge in [-0.2, -0.15) is 0 Å². The summed E-state index contributed by atoms with van der Waals surface area (Å²) in [5, 5.41) is 6.25. The van der Waals surface area contributed by atoms with Gasteiger partial charge in [0.2, 0.25) is 5.91 Å². The van der Waals surface area contributed by atoms with Crippen molar-refractivity contribution in [2.75, 3.05) is 40.8 Å². The SMILES string of the molecule is CN(CCNCCC(=O)NCc1ccccc1)Cc1cccc(C(=O)N(C)C)c1. The summed E-state index contributed by atoms with van der Waals surface area (Å²) in [6, 6.07) is 17.7. The molecule has 0 radical (unpaired) electrons. The normalized spacial score (nSPS) is 10.8. The summed E-state index contributed by atoms with van der Waals surface area (Å²) in [6.07, 6.45) is 0.464. The second-order valence-electron chi connectivity index (χ2n) is 7.40. The molecule has 6 nitrogen and oxygen atoms in total. The van der Waals surface area contributed by atoms with Crippen LogP contribution in [0.2, 0.25) is 0 Å². The minimum atomic E-state index is 0.0155. The van der Waals surface area contributed by atoms with E-state index in [0.717, 1.165) is 30.8 Å². The Morgan fingerprint density at radius 2 is 1.62 bits per heavy atom. The molecule has 0 saturated heterocycles. The van der Waals surface area contributed by atoms with E-state index in [1.165, 1.54) is 0 Å². The van der Waals surface area contributed by atoms with Gasteiger partial charge in [-0.25, -0.2) is 0 Å². The summed E-state index contributed by atoms with van der Waals surface area (Å²) in [5.41, 5.74) is 2.92. The van der Waals surface area contributed by atoms with Crippen LogP contribution in [0.25, 0.3) is 0 Å². The first-order valence-corrected chi connectivity index (χ1v) is 9.96. The molecule has 2 N–H and O–H groups in total. The van der Waals surface area contributed by atoms with Gasteiger partial charge in [0.15, 0.2) is 0 Å². The number of benzene rings is 2. The van der Waals surface area contributed by atoms with Crippen LogP contribution in [0.5, 0.6) is 0 Å². The first-order valence-electron chi connectivity index (χ1n) is 9.96. The molecule has 0 unspecified atom stereocenters. The van der Waals surface area contributed by atoms with Crippen molar-refractivity contribution >= 4 is 11.8 Å². The Balaban J connectivity index is 1.61. The molecule has 2 aromatic carbocycles. The van der Waals surface area contributed by atoms with Gasteiger partial charge in [0.1, 0.15) is 0 Å². The second kappa shape index (κ2) is 12.0. The predicted octanol–water partition coefficient (Wildman–Crippen LogP) is 2.12. The average Bonchev–Trinajstić information content (AvgIpc) is 2.72. The van der Waals surface area contributed by atoms with Crippen LogP contribution < -0.4 is 10.6 Å². The van der Waals surface area contributed by atoms with Gasteiger partial charge < -0.3 is 20.4 Å². The lowest BCUT2D eigenvalue weighted by atomic mass is 10.1. The van der Waals surface area contributed by atoms with E-state index in [1.54, 1.807) is 19.0 Å². The van der Waals surface area contributed by atoms with Gasteiger partial charge >= 0.3 is 0 Å². The topological polar surface area (TPSA) is 64.7 Å². The summed E-state index contributed by atoms with van der Waals surface area (Å²) in [6.45, 7) is 3.66. The zero-order chi connectivity index (χ0) is 21.1. The average molecular weight is 397 g/mol. The Bertz CT molecular complexity index is 777. The van der Waals surface area contributed by atoms with E-state index in [2.05, 4.69) is 22.6 Å². The van der Waals surface area contributed by atoms with Gasteiger partial charge in [-0.05, 0) is 30.3 Å². The van der Waals surface area contributed by atoms with E-state index in [4.69, 9.17) is 0 Å². The fraction of sp³-hybridized carbons (Fsp3) is 0.391. The van der Waals surface area contributed by atoms with Crippen molar-refractivity contribution in [3.8, 4) is 0 Å². The molecule has 0 aliphatic heterocycles. The number of carbonyl (C=O) groups excluding carboxylic acids is 2. The molecule has 0 aliphatic rings. The lowest BCUT2D eigenvalue weighted by Crippen LogP contribution is -2.32. The standard InChI is InChI=1S/C23H32N4O2/c1-26(2)23(29)21-11-7-10-20(16-21)18-27(3)15-14-24-13-12-22(28)25-17-19-8-5-4-6-9-19/h4-11,16,24H,12-15,17-18H2,1-3H3,(H,25,28). The molecule has 2 rings (SSSR count). The largest absolute Gasteiger partial charge is 0.352 e. The number of nitrogens with zero attached hydrogens (tertiary/aromatic N) is 2. The molecule has 0 aromatic heterocycles. The highest BCUT2D eigenvalue weighted by Crippen LogP contribution is 2.09. The fourth-order valence-corrected chi connectivity index (χ4v) is 2.93. The number of hydrogen-bond donors (Lipinski definition) is 2. The number of amides is 2. The minimum Gasteiger partial charge on any atom is -0.352 e. The van der Waals surface area contributed by atoms with Crippen LogP contribution in [0, 0.1) is 0 Å². The summed E-state index contributed by atoms with van der Waals surface area (Å²) < 4.78 is 0. The van der Waals surface area contributed by atoms with E-state index in [0.29, 0.717) is 25.1 Å². The van der Waals surface area contributed by atoms with Crippen LogP contribution in [0.3, 0.4) is 0 Å². The monoisotopic (exact) mass is 396 g/mol. The highest BCUT2D eigenvalue weighted by atomic mass is 16.2. The van der Waals surface area contributed by atoms with Crippen LogP contribution in [-0.2, 0) is 17.9 Å². The molecule has 0 aliphatic carbocycles. The van der Waals surface area contributed by atoms with Gasteiger partial charge in [0.05, 0.1) is 0 Å². The number of likely N-dealkylation sites (N-methyl/N-ethyl adjacent to an activating group) is 1. The van der Waals surface area contributed by atoms with Crippen molar-refractivity contribution in [1.29, 1.82) is 0 Å². The molecular weight excluding hydrogens is 364 g/mol. The third kappa shape index (κ3) is 8.46.